The van der Waals surface area contributed by atoms with E-state index in [2.05, 4.69) is 107 Å². The van der Waals surface area contributed by atoms with Gasteiger partial charge in [-0.3, -0.25) is 0 Å². The highest BCUT2D eigenvalue weighted by Gasteiger charge is 2.51. The number of nitrogens with zero attached hydrogens (tertiary/aromatic N) is 1. The van der Waals surface area contributed by atoms with Crippen LogP contribution in [0.25, 0.3) is 0 Å². The predicted molar refractivity (Wildman–Crippen MR) is 157 cm³/mol. The number of rotatable bonds is 10. The zero-order chi connectivity index (χ0) is 27.4. The van der Waals surface area contributed by atoms with Gasteiger partial charge < -0.3 is 13.9 Å². The largest absolute Gasteiger partial charge is 0.407 e. The topological polar surface area (TPSA) is 57.1 Å². The smallest absolute Gasteiger partial charge is 0.261 e. The summed E-state index contributed by atoms with van der Waals surface area (Å²) in [5.41, 5.74) is 0. The summed E-state index contributed by atoms with van der Waals surface area (Å²) in [6, 6.07) is 21.3. The lowest BCUT2D eigenvalue weighted by Crippen LogP contribution is -2.67. The Hall–Kier alpha value is -1.64. The minimum Gasteiger partial charge on any atom is -0.407 e. The van der Waals surface area contributed by atoms with Gasteiger partial charge in [-0.2, -0.15) is 4.40 Å². The van der Waals surface area contributed by atoms with Crippen LogP contribution in [-0.4, -0.2) is 48.6 Å². The van der Waals surface area contributed by atoms with Crippen LogP contribution in [0.4, 0.5) is 0 Å². The first kappa shape index (κ1) is 29.9. The maximum absolute atomic E-state index is 12.7. The Morgan fingerprint density at radius 3 is 1.95 bits per heavy atom. The molecule has 0 radical (unpaired) electrons. The Bertz CT molecular complexity index is 1010. The molecule has 0 aromatic heterocycles. The van der Waals surface area contributed by atoms with Crippen molar-refractivity contribution in [3.8, 4) is 0 Å². The van der Waals surface area contributed by atoms with Crippen molar-refractivity contribution in [1.29, 1.82) is 0 Å². The van der Waals surface area contributed by atoms with Crippen LogP contribution in [0.3, 0.4) is 0 Å². The molecule has 7 heteroatoms. The second-order valence-corrected chi connectivity index (χ2v) is 17.8. The van der Waals surface area contributed by atoms with Crippen molar-refractivity contribution in [2.75, 3.05) is 6.61 Å². The van der Waals surface area contributed by atoms with Gasteiger partial charge in [0.2, 0.25) is 0 Å². The number of benzene rings is 2. The maximum Gasteiger partial charge on any atom is 0.261 e. The first-order chi connectivity index (χ1) is 17.3. The quantitative estimate of drug-likeness (QED) is 0.293. The second kappa shape index (κ2) is 12.0. The van der Waals surface area contributed by atoms with E-state index >= 15 is 0 Å². The molecule has 204 valence electrons. The Kier molecular flexibility index (Phi) is 9.73. The molecular formula is C30H45NO4SSi. The van der Waals surface area contributed by atoms with Crippen LogP contribution in [0.5, 0.6) is 0 Å². The van der Waals surface area contributed by atoms with Crippen molar-refractivity contribution in [3.63, 3.8) is 0 Å². The zero-order valence-electron chi connectivity index (χ0n) is 23.9. The summed E-state index contributed by atoms with van der Waals surface area (Å²) in [5, 5.41) is 2.37. The van der Waals surface area contributed by atoms with E-state index in [-0.39, 0.29) is 28.2 Å². The molecule has 0 N–H and O–H groups in total. The van der Waals surface area contributed by atoms with E-state index in [9.17, 15) is 4.21 Å². The maximum atomic E-state index is 12.7. The first-order valence-corrected chi connectivity index (χ1v) is 16.4. The van der Waals surface area contributed by atoms with Crippen LogP contribution in [0.15, 0.2) is 65.1 Å². The molecule has 1 aliphatic rings. The SMILES string of the molecule is CC(C)C(C)S(=O)/N=C\[C@@H]1OC(C)(C)O[C@H]1[C@@H](C)CO[Si](c1ccccc1)(c1ccccc1)C(C)(C)C. The Balaban J connectivity index is 1.90. The third-order valence-electron chi connectivity index (χ3n) is 7.27. The molecule has 2 aromatic rings. The molecule has 5 atom stereocenters. The van der Waals surface area contributed by atoms with Gasteiger partial charge in [0.05, 0.1) is 11.4 Å². The van der Waals surface area contributed by atoms with Gasteiger partial charge in [0.1, 0.15) is 17.1 Å². The zero-order valence-corrected chi connectivity index (χ0v) is 25.7. The molecule has 1 saturated heterocycles. The van der Waals surface area contributed by atoms with Crippen molar-refractivity contribution < 1.29 is 18.1 Å². The minimum atomic E-state index is -2.66. The molecule has 5 nitrogen and oxygen atoms in total. The van der Waals surface area contributed by atoms with Crippen molar-refractivity contribution in [2.24, 2.45) is 16.2 Å². The van der Waals surface area contributed by atoms with Gasteiger partial charge in [0, 0.05) is 18.7 Å². The van der Waals surface area contributed by atoms with Gasteiger partial charge in [0.15, 0.2) is 5.79 Å². The molecule has 2 unspecified atom stereocenters. The minimum absolute atomic E-state index is 0.0239. The Morgan fingerprint density at radius 1 is 0.973 bits per heavy atom. The van der Waals surface area contributed by atoms with Crippen LogP contribution in [0.1, 0.15) is 62.3 Å². The molecule has 2 aromatic carbocycles. The summed E-state index contributed by atoms with van der Waals surface area (Å²) >= 11 is 0. The highest BCUT2D eigenvalue weighted by Crippen LogP contribution is 2.38. The van der Waals surface area contributed by atoms with Crippen molar-refractivity contribution >= 4 is 35.9 Å². The third kappa shape index (κ3) is 6.87. The fourth-order valence-electron chi connectivity index (χ4n) is 4.93. The average molecular weight is 544 g/mol. The van der Waals surface area contributed by atoms with E-state index in [1.807, 2.05) is 20.8 Å². The van der Waals surface area contributed by atoms with Gasteiger partial charge in [-0.05, 0) is 42.1 Å². The molecular weight excluding hydrogens is 498 g/mol. The number of hydrogen-bond donors (Lipinski definition) is 0. The van der Waals surface area contributed by atoms with Gasteiger partial charge in [-0.1, -0.05) is 102 Å². The van der Waals surface area contributed by atoms with E-state index < -0.39 is 31.2 Å². The summed E-state index contributed by atoms with van der Waals surface area (Å²) in [7, 11) is -3.98. The molecule has 1 aliphatic heterocycles. The van der Waals surface area contributed by atoms with Crippen LogP contribution in [-0.2, 0) is 24.9 Å². The molecule has 0 spiro atoms. The standard InChI is InChI=1S/C30H45NO4SSi/c1-22(2)24(4)36(32)31-20-27-28(35-30(8,9)34-27)23(3)21-33-37(29(5,6)7,25-16-12-10-13-17-25)26-18-14-11-15-19-26/h10-20,22-24,27-28H,21H2,1-9H3/b31-20-/t23-,24?,27-,28-,36?/m0/s1. The van der Waals surface area contributed by atoms with Gasteiger partial charge in [0.25, 0.3) is 8.32 Å². The summed E-state index contributed by atoms with van der Waals surface area (Å²) in [6.45, 7) is 19.4. The molecule has 1 fully saturated rings. The van der Waals surface area contributed by atoms with Crippen LogP contribution >= 0.6 is 0 Å². The highest BCUT2D eigenvalue weighted by molar-refractivity contribution is 7.84. The van der Waals surface area contributed by atoms with Gasteiger partial charge >= 0.3 is 0 Å². The lowest BCUT2D eigenvalue weighted by atomic mass is 10.0. The molecule has 0 bridgehead atoms. The number of ether oxygens (including phenoxy) is 2. The normalized spacial score (nSPS) is 22.9. The van der Waals surface area contributed by atoms with Crippen LogP contribution < -0.4 is 10.4 Å². The Morgan fingerprint density at radius 2 is 1.49 bits per heavy atom. The predicted octanol–water partition coefficient (Wildman–Crippen LogP) is 5.50. The van der Waals surface area contributed by atoms with Crippen LogP contribution in [0.2, 0.25) is 5.04 Å². The molecule has 3 rings (SSSR count). The molecule has 37 heavy (non-hydrogen) atoms. The van der Waals surface area contributed by atoms with Gasteiger partial charge in [-0.25, -0.2) is 4.21 Å². The summed E-state index contributed by atoms with van der Waals surface area (Å²) in [4.78, 5) is 0. The van der Waals surface area contributed by atoms with E-state index in [1.54, 1.807) is 6.21 Å². The monoisotopic (exact) mass is 543 g/mol. The fraction of sp³-hybridized carbons (Fsp3) is 0.567. The second-order valence-electron chi connectivity index (χ2n) is 12.0. The molecule has 0 aliphatic carbocycles. The van der Waals surface area contributed by atoms with Crippen molar-refractivity contribution in [1.82, 2.24) is 0 Å². The summed E-state index contributed by atoms with van der Waals surface area (Å²) in [5.74, 6) is -0.446. The van der Waals surface area contributed by atoms with E-state index in [4.69, 9.17) is 13.9 Å². The van der Waals surface area contributed by atoms with E-state index in [1.165, 1.54) is 10.4 Å². The molecule has 0 saturated carbocycles. The first-order valence-electron chi connectivity index (χ1n) is 13.3. The van der Waals surface area contributed by atoms with Gasteiger partial charge in [-0.15, -0.1) is 0 Å². The summed E-state index contributed by atoms with van der Waals surface area (Å²) in [6.07, 6.45) is 1.03. The Labute approximate surface area is 227 Å². The third-order valence-corrected chi connectivity index (χ3v) is 13.8. The molecule has 1 heterocycles. The fourth-order valence-corrected chi connectivity index (χ4v) is 10.5. The van der Waals surface area contributed by atoms with Crippen LogP contribution in [0, 0.1) is 11.8 Å². The van der Waals surface area contributed by atoms with Crippen molar-refractivity contribution in [3.05, 3.63) is 60.7 Å². The summed E-state index contributed by atoms with van der Waals surface area (Å²) < 4.78 is 36.7. The van der Waals surface area contributed by atoms with Crippen molar-refractivity contribution in [2.45, 2.75) is 90.6 Å². The lowest BCUT2D eigenvalue weighted by molar-refractivity contribution is -0.147. The number of hydrogen-bond acceptors (Lipinski definition) is 4. The lowest BCUT2D eigenvalue weighted by Gasteiger charge is -2.44. The van der Waals surface area contributed by atoms with E-state index in [0.717, 1.165) is 0 Å². The van der Waals surface area contributed by atoms with E-state index in [0.29, 0.717) is 6.61 Å². The average Bonchev–Trinajstić information content (AvgIpc) is 3.17. The molecule has 0 amide bonds. The highest BCUT2D eigenvalue weighted by atomic mass is 32.2.